The summed E-state index contributed by atoms with van der Waals surface area (Å²) in [6.45, 7) is 0. The number of nitrogens with zero attached hydrogens (tertiary/aromatic N) is 4. The number of aromatic nitrogens is 4. The second-order valence-electron chi connectivity index (χ2n) is 8.00. The fraction of sp³-hybridized carbons (Fsp3) is 0.107. The van der Waals surface area contributed by atoms with Crippen LogP contribution in [0.4, 0.5) is 0 Å². The minimum atomic E-state index is -0.869. The molecule has 0 saturated heterocycles. The number of hydrogen-bond donors (Lipinski definition) is 1. The lowest BCUT2D eigenvalue weighted by molar-refractivity contribution is 0.220. The van der Waals surface area contributed by atoms with E-state index in [9.17, 15) is 9.90 Å². The van der Waals surface area contributed by atoms with Gasteiger partial charge >= 0.3 is 0 Å². The zero-order chi connectivity index (χ0) is 24.9. The molecule has 6 nitrogen and oxygen atoms in total. The summed E-state index contributed by atoms with van der Waals surface area (Å²) in [5, 5.41) is 12.2. The lowest BCUT2D eigenvalue weighted by Gasteiger charge is -2.15. The van der Waals surface area contributed by atoms with Gasteiger partial charge in [-0.3, -0.25) is 9.36 Å². The van der Waals surface area contributed by atoms with Gasteiger partial charge in [0.25, 0.3) is 5.56 Å². The molecule has 0 aliphatic carbocycles. The monoisotopic (exact) mass is 482 g/mol. The van der Waals surface area contributed by atoms with Crippen molar-refractivity contribution in [1.29, 1.82) is 0 Å². The predicted octanol–water partition coefficient (Wildman–Crippen LogP) is 4.74. The molecule has 0 radical (unpaired) electrons. The molecule has 0 bridgehead atoms. The van der Waals surface area contributed by atoms with Crippen LogP contribution in [0.25, 0.3) is 22.2 Å². The molecule has 7 heteroatoms. The van der Waals surface area contributed by atoms with Gasteiger partial charge in [0.05, 0.1) is 6.33 Å². The van der Waals surface area contributed by atoms with Gasteiger partial charge in [-0.1, -0.05) is 41.8 Å². The van der Waals surface area contributed by atoms with Crippen LogP contribution < -0.4 is 5.56 Å². The van der Waals surface area contributed by atoms with Crippen LogP contribution in [0.2, 0.25) is 5.02 Å². The maximum absolute atomic E-state index is 12.5. The van der Waals surface area contributed by atoms with Gasteiger partial charge in [-0.05, 0) is 47.0 Å². The first-order chi connectivity index (χ1) is 16.9. The van der Waals surface area contributed by atoms with Crippen LogP contribution >= 0.6 is 11.6 Å². The highest BCUT2D eigenvalue weighted by atomic mass is 35.5. The summed E-state index contributed by atoms with van der Waals surface area (Å²) in [7, 11) is 3.61. The third-order valence-electron chi connectivity index (χ3n) is 5.57. The zero-order valence-corrected chi connectivity index (χ0v) is 20.0. The Morgan fingerprint density at radius 2 is 1.83 bits per heavy atom. The van der Waals surface area contributed by atoms with Crippen molar-refractivity contribution in [1.82, 2.24) is 19.1 Å². The molecule has 5 aromatic rings. The number of hydrogen-bond acceptors (Lipinski definition) is 4. The molecule has 35 heavy (non-hydrogen) atoms. The molecule has 5 rings (SSSR count). The van der Waals surface area contributed by atoms with Crippen molar-refractivity contribution in [3.8, 4) is 23.5 Å². The second-order valence-corrected chi connectivity index (χ2v) is 8.44. The Hall–Kier alpha value is -4.18. The number of aliphatic hydroxyl groups is 1. The largest absolute Gasteiger partial charge is 0.384 e. The van der Waals surface area contributed by atoms with Gasteiger partial charge in [0.15, 0.2) is 0 Å². The molecule has 0 amide bonds. The molecule has 1 unspecified atom stereocenters. The lowest BCUT2D eigenvalue weighted by Crippen LogP contribution is -2.17. The van der Waals surface area contributed by atoms with Crippen molar-refractivity contribution in [3.63, 3.8) is 0 Å². The van der Waals surface area contributed by atoms with Gasteiger partial charge in [-0.2, -0.15) is 0 Å². The summed E-state index contributed by atoms with van der Waals surface area (Å²) in [4.78, 5) is 20.7. The minimum absolute atomic E-state index is 0.169. The maximum atomic E-state index is 12.5. The summed E-state index contributed by atoms with van der Waals surface area (Å²) >= 11 is 5.95. The van der Waals surface area contributed by atoms with E-state index < -0.39 is 6.10 Å². The molecule has 1 atom stereocenters. The number of benzene rings is 2. The van der Waals surface area contributed by atoms with Crippen molar-refractivity contribution in [2.75, 3.05) is 0 Å². The molecule has 174 valence electrons. The van der Waals surface area contributed by atoms with Crippen LogP contribution in [0, 0.1) is 12.3 Å². The fourth-order valence-corrected chi connectivity index (χ4v) is 3.80. The van der Waals surface area contributed by atoms with E-state index >= 15 is 0 Å². The molecule has 3 heterocycles. The summed E-state index contributed by atoms with van der Waals surface area (Å²) in [5.74, 6) is 2.62. The SMILES string of the molecule is C#Cc1cccc(-c2cc(=O)n(C)c3ncc(C(O)c4ccc(Cl)cc4)cc23)c1.Cn1ccnc1. The summed E-state index contributed by atoms with van der Waals surface area (Å²) in [6, 6.07) is 17.9. The molecule has 3 aromatic heterocycles. The molecule has 0 fully saturated rings. The van der Waals surface area contributed by atoms with Crippen molar-refractivity contribution in [3.05, 3.63) is 118 Å². The summed E-state index contributed by atoms with van der Waals surface area (Å²) in [5.41, 5.74) is 3.95. The first-order valence-electron chi connectivity index (χ1n) is 10.8. The maximum Gasteiger partial charge on any atom is 0.252 e. The van der Waals surface area contributed by atoms with Crippen molar-refractivity contribution in [2.45, 2.75) is 6.10 Å². The number of pyridine rings is 2. The Balaban J connectivity index is 0.000000421. The van der Waals surface area contributed by atoms with E-state index in [2.05, 4.69) is 15.9 Å². The molecule has 0 spiro atoms. The number of aliphatic hydroxyl groups excluding tert-OH is 1. The van der Waals surface area contributed by atoms with Gasteiger partial charge in [0, 0.05) is 60.3 Å². The number of terminal acetylenes is 1. The van der Waals surface area contributed by atoms with Crippen LogP contribution in [0.5, 0.6) is 0 Å². The van der Waals surface area contributed by atoms with E-state index in [1.54, 1.807) is 56.1 Å². The highest BCUT2D eigenvalue weighted by molar-refractivity contribution is 6.30. The highest BCUT2D eigenvalue weighted by Crippen LogP contribution is 2.30. The van der Waals surface area contributed by atoms with E-state index in [1.165, 1.54) is 4.57 Å². The standard InChI is InChI=1S/C24H17ClN2O2.C4H6N2/c1-3-15-5-4-6-17(11-15)20-13-22(28)27(2)24-21(20)12-18(14-26-24)23(29)16-7-9-19(25)10-8-16;1-6-3-2-5-4-6/h1,4-14,23,29H,2H3;2-4H,1H3. The number of imidazole rings is 1. The summed E-state index contributed by atoms with van der Waals surface area (Å²) < 4.78 is 3.38. The topological polar surface area (TPSA) is 72.9 Å². The van der Waals surface area contributed by atoms with Crippen LogP contribution in [-0.4, -0.2) is 24.2 Å². The zero-order valence-electron chi connectivity index (χ0n) is 19.3. The fourth-order valence-electron chi connectivity index (χ4n) is 3.67. The number of rotatable bonds is 3. The Bertz CT molecular complexity index is 1570. The third-order valence-corrected chi connectivity index (χ3v) is 5.82. The molecule has 0 saturated carbocycles. The van der Waals surface area contributed by atoms with Crippen LogP contribution in [0.3, 0.4) is 0 Å². The lowest BCUT2D eigenvalue weighted by atomic mass is 9.97. The number of aryl methyl sites for hydroxylation is 2. The smallest absolute Gasteiger partial charge is 0.252 e. The van der Waals surface area contributed by atoms with E-state index in [-0.39, 0.29) is 5.56 Å². The van der Waals surface area contributed by atoms with Crippen molar-refractivity contribution < 1.29 is 5.11 Å². The van der Waals surface area contributed by atoms with Gasteiger partial charge in [-0.25, -0.2) is 9.97 Å². The van der Waals surface area contributed by atoms with Crippen LogP contribution in [0.1, 0.15) is 22.8 Å². The van der Waals surface area contributed by atoms with Gasteiger partial charge in [-0.15, -0.1) is 6.42 Å². The van der Waals surface area contributed by atoms with E-state index in [4.69, 9.17) is 18.0 Å². The average molecular weight is 483 g/mol. The Morgan fingerprint density at radius 3 is 2.46 bits per heavy atom. The molecular weight excluding hydrogens is 460 g/mol. The Kier molecular flexibility index (Phi) is 7.11. The van der Waals surface area contributed by atoms with Crippen molar-refractivity contribution >= 4 is 22.6 Å². The normalized spacial score (nSPS) is 11.4. The van der Waals surface area contributed by atoms with Crippen LogP contribution in [0.15, 0.2) is 90.4 Å². The quantitative estimate of drug-likeness (QED) is 0.377. The Labute approximate surface area is 208 Å². The predicted molar refractivity (Wildman–Crippen MR) is 139 cm³/mol. The van der Waals surface area contributed by atoms with Gasteiger partial charge in [0.1, 0.15) is 11.8 Å². The second kappa shape index (κ2) is 10.4. The van der Waals surface area contributed by atoms with Gasteiger partial charge < -0.3 is 9.67 Å². The van der Waals surface area contributed by atoms with Gasteiger partial charge in [0.2, 0.25) is 0 Å². The van der Waals surface area contributed by atoms with Crippen LogP contribution in [-0.2, 0) is 14.1 Å². The van der Waals surface area contributed by atoms with E-state index in [1.807, 2.05) is 48.1 Å². The molecule has 0 aliphatic heterocycles. The molecular formula is C28H23ClN4O2. The average Bonchev–Trinajstić information content (AvgIpc) is 3.37. The highest BCUT2D eigenvalue weighted by Gasteiger charge is 2.16. The van der Waals surface area contributed by atoms with Crippen molar-refractivity contribution in [2.24, 2.45) is 14.1 Å². The first kappa shape index (κ1) is 24.0. The Morgan fingerprint density at radius 1 is 1.06 bits per heavy atom. The molecule has 2 aromatic carbocycles. The number of fused-ring (bicyclic) bond motifs is 1. The van der Waals surface area contributed by atoms with E-state index in [0.29, 0.717) is 21.8 Å². The summed E-state index contributed by atoms with van der Waals surface area (Å²) in [6.07, 6.45) is 11.6. The van der Waals surface area contributed by atoms with E-state index in [0.717, 1.165) is 22.1 Å². The molecule has 0 aliphatic rings. The minimum Gasteiger partial charge on any atom is -0.384 e. The number of halogens is 1. The molecule has 1 N–H and O–H groups in total. The third kappa shape index (κ3) is 5.33. The first-order valence-corrected chi connectivity index (χ1v) is 11.2.